The summed E-state index contributed by atoms with van der Waals surface area (Å²) < 4.78 is 2.19. The Morgan fingerprint density at radius 3 is 2.77 bits per heavy atom. The summed E-state index contributed by atoms with van der Waals surface area (Å²) in [5.74, 6) is 1.51. The van der Waals surface area contributed by atoms with Crippen LogP contribution in [0.2, 0.25) is 0 Å². The molecule has 0 saturated carbocycles. The third kappa shape index (κ3) is 3.82. The van der Waals surface area contributed by atoms with Crippen LogP contribution in [0.3, 0.4) is 0 Å². The monoisotopic (exact) mass is 440 g/mol. The van der Waals surface area contributed by atoms with Crippen LogP contribution in [0.5, 0.6) is 0 Å². The molecule has 0 radical (unpaired) electrons. The second-order valence-electron chi connectivity index (χ2n) is 7.39. The normalized spacial score (nSPS) is 14.5. The molecule has 1 amide bonds. The molecule has 0 saturated heterocycles. The van der Waals surface area contributed by atoms with Gasteiger partial charge in [0.1, 0.15) is 11.9 Å². The number of thiophene rings is 1. The molecule has 0 fully saturated rings. The standard InChI is InChI=1S/C21H24N6OS2/c1-4-12(2)17(18-22-14-8-5-6-9-15(14)23-18)24-20(28)13(3)27-19(25-26-21(27)29)16-10-7-11-30-16/h5-13,17H,4H2,1-3H3,(H,22,23)(H,24,28)(H,26,29). The Balaban J connectivity index is 1.63. The molecular weight excluding hydrogens is 416 g/mol. The third-order valence-electron chi connectivity index (χ3n) is 5.43. The van der Waals surface area contributed by atoms with Crippen molar-refractivity contribution < 1.29 is 4.79 Å². The van der Waals surface area contributed by atoms with Gasteiger partial charge in [0, 0.05) is 0 Å². The molecule has 0 aliphatic rings. The number of benzene rings is 1. The van der Waals surface area contributed by atoms with E-state index < -0.39 is 6.04 Å². The first-order valence-corrected chi connectivity index (χ1v) is 11.2. The molecule has 3 aromatic heterocycles. The van der Waals surface area contributed by atoms with Gasteiger partial charge < -0.3 is 10.3 Å². The van der Waals surface area contributed by atoms with Gasteiger partial charge in [-0.1, -0.05) is 38.5 Å². The molecule has 1 aromatic carbocycles. The lowest BCUT2D eigenvalue weighted by atomic mass is 9.98. The Morgan fingerprint density at radius 1 is 1.27 bits per heavy atom. The van der Waals surface area contributed by atoms with Crippen LogP contribution in [0, 0.1) is 10.7 Å². The van der Waals surface area contributed by atoms with E-state index in [0.717, 1.165) is 28.2 Å². The van der Waals surface area contributed by atoms with E-state index in [-0.39, 0.29) is 17.9 Å². The summed E-state index contributed by atoms with van der Waals surface area (Å²) in [5.41, 5.74) is 1.85. The first-order valence-electron chi connectivity index (χ1n) is 9.95. The molecule has 3 unspecified atom stereocenters. The quantitative estimate of drug-likeness (QED) is 0.352. The average molecular weight is 441 g/mol. The van der Waals surface area contributed by atoms with Crippen LogP contribution in [0.15, 0.2) is 41.8 Å². The van der Waals surface area contributed by atoms with E-state index in [0.29, 0.717) is 10.6 Å². The van der Waals surface area contributed by atoms with Gasteiger partial charge in [-0.15, -0.1) is 11.3 Å². The lowest BCUT2D eigenvalue weighted by Gasteiger charge is -2.25. The molecule has 7 nitrogen and oxygen atoms in total. The molecule has 0 spiro atoms. The Morgan fingerprint density at radius 2 is 2.07 bits per heavy atom. The maximum atomic E-state index is 13.3. The van der Waals surface area contributed by atoms with E-state index in [1.54, 1.807) is 15.9 Å². The highest BCUT2D eigenvalue weighted by atomic mass is 32.1. The van der Waals surface area contributed by atoms with Crippen molar-refractivity contribution in [2.24, 2.45) is 5.92 Å². The van der Waals surface area contributed by atoms with Crippen LogP contribution in [-0.2, 0) is 4.79 Å². The maximum absolute atomic E-state index is 13.3. The van der Waals surface area contributed by atoms with E-state index in [4.69, 9.17) is 17.2 Å². The second-order valence-corrected chi connectivity index (χ2v) is 8.72. The van der Waals surface area contributed by atoms with Gasteiger partial charge in [0.05, 0.1) is 22.0 Å². The number of imidazole rings is 1. The van der Waals surface area contributed by atoms with Crippen LogP contribution in [0.25, 0.3) is 21.7 Å². The number of aromatic amines is 2. The smallest absolute Gasteiger partial charge is 0.243 e. The number of nitrogens with one attached hydrogen (secondary N) is 3. The zero-order valence-electron chi connectivity index (χ0n) is 17.0. The summed E-state index contributed by atoms with van der Waals surface area (Å²) in [7, 11) is 0. The molecule has 3 N–H and O–H groups in total. The number of H-pyrrole nitrogens is 2. The largest absolute Gasteiger partial charge is 0.344 e. The fourth-order valence-electron chi connectivity index (χ4n) is 3.47. The summed E-state index contributed by atoms with van der Waals surface area (Å²) in [4.78, 5) is 22.3. The fraction of sp³-hybridized carbons (Fsp3) is 0.333. The molecule has 4 aromatic rings. The minimum Gasteiger partial charge on any atom is -0.344 e. The Labute approximate surface area is 183 Å². The number of nitrogens with zero attached hydrogens (tertiary/aromatic N) is 3. The highest BCUT2D eigenvalue weighted by Crippen LogP contribution is 2.28. The maximum Gasteiger partial charge on any atom is 0.243 e. The molecular formula is C21H24N6OS2. The predicted octanol–water partition coefficient (Wildman–Crippen LogP) is 5.01. The van der Waals surface area contributed by atoms with Gasteiger partial charge in [0.15, 0.2) is 10.6 Å². The highest BCUT2D eigenvalue weighted by Gasteiger charge is 2.28. The van der Waals surface area contributed by atoms with Crippen molar-refractivity contribution >= 4 is 40.5 Å². The zero-order valence-corrected chi connectivity index (χ0v) is 18.7. The van der Waals surface area contributed by atoms with Crippen LogP contribution < -0.4 is 5.32 Å². The van der Waals surface area contributed by atoms with E-state index in [1.165, 1.54) is 0 Å². The lowest BCUT2D eigenvalue weighted by Crippen LogP contribution is -2.37. The van der Waals surface area contributed by atoms with Crippen molar-refractivity contribution in [2.45, 2.75) is 39.3 Å². The second kappa shape index (κ2) is 8.53. The lowest BCUT2D eigenvalue weighted by molar-refractivity contribution is -0.125. The van der Waals surface area contributed by atoms with E-state index in [2.05, 4.69) is 34.3 Å². The van der Waals surface area contributed by atoms with Gasteiger partial charge in [-0.2, -0.15) is 5.10 Å². The van der Waals surface area contributed by atoms with Gasteiger partial charge in [-0.25, -0.2) is 4.98 Å². The van der Waals surface area contributed by atoms with Gasteiger partial charge >= 0.3 is 0 Å². The summed E-state index contributed by atoms with van der Waals surface area (Å²) >= 11 is 6.98. The topological polar surface area (TPSA) is 91.4 Å². The number of aromatic nitrogens is 5. The molecule has 3 heterocycles. The van der Waals surface area contributed by atoms with Crippen LogP contribution in [0.4, 0.5) is 0 Å². The molecule has 4 rings (SSSR count). The van der Waals surface area contributed by atoms with Gasteiger partial charge in [-0.3, -0.25) is 14.5 Å². The van der Waals surface area contributed by atoms with Crippen molar-refractivity contribution in [1.29, 1.82) is 0 Å². The van der Waals surface area contributed by atoms with E-state index >= 15 is 0 Å². The molecule has 156 valence electrons. The van der Waals surface area contributed by atoms with Crippen molar-refractivity contribution in [1.82, 2.24) is 30.0 Å². The van der Waals surface area contributed by atoms with E-state index in [9.17, 15) is 4.79 Å². The number of hydrogen-bond donors (Lipinski definition) is 3. The summed E-state index contributed by atoms with van der Waals surface area (Å²) in [6.07, 6.45) is 0.905. The fourth-order valence-corrected chi connectivity index (χ4v) is 4.47. The molecule has 3 atom stereocenters. The van der Waals surface area contributed by atoms with Gasteiger partial charge in [0.2, 0.25) is 5.91 Å². The summed E-state index contributed by atoms with van der Waals surface area (Å²) in [6, 6.07) is 11.0. The van der Waals surface area contributed by atoms with Crippen molar-refractivity contribution in [3.63, 3.8) is 0 Å². The minimum absolute atomic E-state index is 0.129. The zero-order chi connectivity index (χ0) is 21.3. The molecule has 9 heteroatoms. The van der Waals surface area contributed by atoms with Crippen LogP contribution >= 0.6 is 23.6 Å². The Bertz CT molecular complexity index is 1170. The number of carbonyl (C=O) groups is 1. The number of carbonyl (C=O) groups excluding carboxylic acids is 1. The molecule has 0 aliphatic carbocycles. The molecule has 0 bridgehead atoms. The van der Waals surface area contributed by atoms with Crippen LogP contribution in [0.1, 0.15) is 45.1 Å². The number of fused-ring (bicyclic) bond motifs is 1. The first-order chi connectivity index (χ1) is 14.5. The molecule has 30 heavy (non-hydrogen) atoms. The molecule has 0 aliphatic heterocycles. The van der Waals surface area contributed by atoms with E-state index in [1.807, 2.05) is 48.7 Å². The van der Waals surface area contributed by atoms with Crippen molar-refractivity contribution in [2.75, 3.05) is 0 Å². The SMILES string of the molecule is CCC(C)C(NC(=O)C(C)n1c(-c2cccs2)n[nH]c1=S)c1nc2ccccc2[nH]1. The number of para-hydroxylation sites is 2. The highest BCUT2D eigenvalue weighted by molar-refractivity contribution is 7.71. The number of hydrogen-bond acceptors (Lipinski definition) is 5. The van der Waals surface area contributed by atoms with Gasteiger partial charge in [0.25, 0.3) is 0 Å². The minimum atomic E-state index is -0.524. The average Bonchev–Trinajstić information content (AvgIpc) is 3.49. The first kappa shape index (κ1) is 20.5. The summed E-state index contributed by atoms with van der Waals surface area (Å²) in [6.45, 7) is 6.06. The number of rotatable bonds is 7. The third-order valence-corrected chi connectivity index (χ3v) is 6.58. The number of amides is 1. The Hall–Kier alpha value is -2.78. The van der Waals surface area contributed by atoms with Crippen molar-refractivity contribution in [3.8, 4) is 10.7 Å². The Kier molecular flexibility index (Phi) is 5.83. The van der Waals surface area contributed by atoms with Crippen molar-refractivity contribution in [3.05, 3.63) is 52.4 Å². The predicted molar refractivity (Wildman–Crippen MR) is 122 cm³/mol. The van der Waals surface area contributed by atoms with Crippen LogP contribution in [-0.4, -0.2) is 30.6 Å². The van der Waals surface area contributed by atoms with Gasteiger partial charge in [-0.05, 0) is 48.6 Å². The summed E-state index contributed by atoms with van der Waals surface area (Å²) in [5, 5.41) is 12.3.